The first kappa shape index (κ1) is 9.09. The van der Waals surface area contributed by atoms with Crippen LogP contribution in [0.2, 0.25) is 5.15 Å². The first-order valence-electron chi connectivity index (χ1n) is 3.91. The van der Waals surface area contributed by atoms with Crippen molar-refractivity contribution in [3.05, 3.63) is 40.9 Å². The minimum Gasteiger partial charge on any atom is -0.298 e. The Labute approximate surface area is 84.3 Å². The molecule has 2 rings (SSSR count). The zero-order valence-electron chi connectivity index (χ0n) is 7.00. The number of carbonyl (C=O) groups excluding carboxylic acids is 1. The lowest BCUT2D eigenvalue weighted by Crippen LogP contribution is -1.88. The number of benzene rings is 1. The van der Waals surface area contributed by atoms with Crippen LogP contribution in [0, 0.1) is 5.82 Å². The summed E-state index contributed by atoms with van der Waals surface area (Å²) in [5.41, 5.74) is 0.282. The number of aldehydes is 1. The van der Waals surface area contributed by atoms with Gasteiger partial charge in [0, 0.05) is 17.1 Å². The number of hydrogen-bond donors (Lipinski definition) is 0. The molecule has 1 aromatic heterocycles. The van der Waals surface area contributed by atoms with Crippen LogP contribution in [0.15, 0.2) is 24.4 Å². The fraction of sp³-hybridized carbons (Fsp3) is 0. The third-order valence-corrected chi connectivity index (χ3v) is 2.26. The van der Waals surface area contributed by atoms with Gasteiger partial charge in [-0.3, -0.25) is 4.79 Å². The molecule has 0 unspecified atom stereocenters. The summed E-state index contributed by atoms with van der Waals surface area (Å²) in [5, 5.41) is 1.27. The molecule has 0 saturated carbocycles. The first-order valence-corrected chi connectivity index (χ1v) is 4.29. The monoisotopic (exact) mass is 209 g/mol. The summed E-state index contributed by atoms with van der Waals surface area (Å²) in [6, 6.07) is 4.06. The smallest absolute Gasteiger partial charge is 0.150 e. The Morgan fingerprint density at radius 3 is 2.86 bits per heavy atom. The Morgan fingerprint density at radius 1 is 1.36 bits per heavy atom. The van der Waals surface area contributed by atoms with Gasteiger partial charge in [-0.15, -0.1) is 0 Å². The van der Waals surface area contributed by atoms with Crippen molar-refractivity contribution in [3.63, 3.8) is 0 Å². The number of aromatic nitrogens is 1. The fourth-order valence-electron chi connectivity index (χ4n) is 1.34. The number of pyridine rings is 1. The molecule has 0 radical (unpaired) electrons. The van der Waals surface area contributed by atoms with Crippen molar-refractivity contribution in [1.82, 2.24) is 4.98 Å². The number of carbonyl (C=O) groups is 1. The molecule has 0 amide bonds. The average molecular weight is 210 g/mol. The van der Waals surface area contributed by atoms with E-state index in [-0.39, 0.29) is 10.7 Å². The standard InChI is InChI=1S/C10H5ClFNO/c11-10-9-4-7(12)3-6(5-14)8(9)1-2-13-10/h1-5H. The van der Waals surface area contributed by atoms with Gasteiger partial charge in [0.2, 0.25) is 0 Å². The molecule has 0 spiro atoms. The van der Waals surface area contributed by atoms with Crippen molar-refractivity contribution in [3.8, 4) is 0 Å². The summed E-state index contributed by atoms with van der Waals surface area (Å²) in [7, 11) is 0. The van der Waals surface area contributed by atoms with E-state index in [4.69, 9.17) is 11.6 Å². The van der Waals surface area contributed by atoms with Crippen LogP contribution in [0.1, 0.15) is 10.4 Å². The summed E-state index contributed by atoms with van der Waals surface area (Å²) in [6.07, 6.45) is 2.08. The van der Waals surface area contributed by atoms with Crippen LogP contribution in [0.5, 0.6) is 0 Å². The SMILES string of the molecule is O=Cc1cc(F)cc2c(Cl)nccc12. The zero-order chi connectivity index (χ0) is 10.1. The molecular weight excluding hydrogens is 205 g/mol. The van der Waals surface area contributed by atoms with E-state index in [0.29, 0.717) is 17.1 Å². The van der Waals surface area contributed by atoms with Gasteiger partial charge >= 0.3 is 0 Å². The van der Waals surface area contributed by atoms with E-state index >= 15 is 0 Å². The second kappa shape index (κ2) is 3.35. The highest BCUT2D eigenvalue weighted by atomic mass is 35.5. The quantitative estimate of drug-likeness (QED) is 0.534. The molecule has 0 aliphatic rings. The van der Waals surface area contributed by atoms with Crippen molar-refractivity contribution < 1.29 is 9.18 Å². The summed E-state index contributed by atoms with van der Waals surface area (Å²) in [5.74, 6) is -0.491. The van der Waals surface area contributed by atoms with E-state index in [1.165, 1.54) is 18.3 Å². The van der Waals surface area contributed by atoms with Crippen LogP contribution in [0.3, 0.4) is 0 Å². The van der Waals surface area contributed by atoms with Crippen LogP contribution < -0.4 is 0 Å². The Bertz CT molecular complexity index is 513. The maximum Gasteiger partial charge on any atom is 0.150 e. The van der Waals surface area contributed by atoms with E-state index in [9.17, 15) is 9.18 Å². The van der Waals surface area contributed by atoms with Crippen molar-refractivity contribution >= 4 is 28.7 Å². The van der Waals surface area contributed by atoms with Crippen molar-refractivity contribution in [2.24, 2.45) is 0 Å². The number of nitrogens with zero attached hydrogens (tertiary/aromatic N) is 1. The second-order valence-electron chi connectivity index (χ2n) is 2.81. The predicted molar refractivity (Wildman–Crippen MR) is 52.1 cm³/mol. The zero-order valence-corrected chi connectivity index (χ0v) is 7.75. The first-order chi connectivity index (χ1) is 6.72. The summed E-state index contributed by atoms with van der Waals surface area (Å²) in [6.45, 7) is 0. The molecule has 14 heavy (non-hydrogen) atoms. The highest BCUT2D eigenvalue weighted by Crippen LogP contribution is 2.24. The van der Waals surface area contributed by atoms with Crippen LogP contribution in [-0.4, -0.2) is 11.3 Å². The van der Waals surface area contributed by atoms with Gasteiger partial charge in [0.1, 0.15) is 11.0 Å². The van der Waals surface area contributed by atoms with Gasteiger partial charge in [0.15, 0.2) is 6.29 Å². The topological polar surface area (TPSA) is 30.0 Å². The Kier molecular flexibility index (Phi) is 2.17. The highest BCUT2D eigenvalue weighted by molar-refractivity contribution is 6.34. The molecule has 70 valence electrons. The van der Waals surface area contributed by atoms with Crippen LogP contribution in [0.4, 0.5) is 4.39 Å². The molecular formula is C10H5ClFNO. The summed E-state index contributed by atoms with van der Waals surface area (Å²) in [4.78, 5) is 14.5. The molecule has 0 saturated heterocycles. The minimum absolute atomic E-state index is 0.199. The van der Waals surface area contributed by atoms with E-state index in [1.807, 2.05) is 0 Å². The van der Waals surface area contributed by atoms with E-state index < -0.39 is 5.82 Å². The van der Waals surface area contributed by atoms with Gasteiger partial charge in [-0.05, 0) is 23.6 Å². The van der Waals surface area contributed by atoms with Crippen molar-refractivity contribution in [2.75, 3.05) is 0 Å². The summed E-state index contributed by atoms with van der Waals surface area (Å²) < 4.78 is 13.0. The van der Waals surface area contributed by atoms with E-state index in [1.54, 1.807) is 6.07 Å². The maximum absolute atomic E-state index is 13.0. The third kappa shape index (κ3) is 1.36. The Balaban J connectivity index is 2.94. The van der Waals surface area contributed by atoms with Crippen molar-refractivity contribution in [2.45, 2.75) is 0 Å². The van der Waals surface area contributed by atoms with Crippen molar-refractivity contribution in [1.29, 1.82) is 0 Å². The van der Waals surface area contributed by atoms with Crippen LogP contribution >= 0.6 is 11.6 Å². The lowest BCUT2D eigenvalue weighted by atomic mass is 10.1. The molecule has 1 heterocycles. The number of fused-ring (bicyclic) bond motifs is 1. The molecule has 0 atom stereocenters. The number of rotatable bonds is 1. The van der Waals surface area contributed by atoms with Gasteiger partial charge in [-0.1, -0.05) is 11.6 Å². The lowest BCUT2D eigenvalue weighted by molar-refractivity contribution is 0.112. The van der Waals surface area contributed by atoms with Gasteiger partial charge in [-0.25, -0.2) is 9.37 Å². The van der Waals surface area contributed by atoms with Gasteiger partial charge in [0.05, 0.1) is 0 Å². The number of halogens is 2. The number of hydrogen-bond acceptors (Lipinski definition) is 2. The average Bonchev–Trinajstić information content (AvgIpc) is 2.18. The normalized spacial score (nSPS) is 10.4. The summed E-state index contributed by atoms with van der Waals surface area (Å²) >= 11 is 5.76. The molecule has 1 aromatic carbocycles. The second-order valence-corrected chi connectivity index (χ2v) is 3.17. The fourth-order valence-corrected chi connectivity index (χ4v) is 1.55. The minimum atomic E-state index is -0.491. The van der Waals surface area contributed by atoms with E-state index in [2.05, 4.69) is 4.98 Å². The van der Waals surface area contributed by atoms with Gasteiger partial charge < -0.3 is 0 Å². The molecule has 0 bridgehead atoms. The highest BCUT2D eigenvalue weighted by Gasteiger charge is 2.06. The molecule has 0 N–H and O–H groups in total. The molecule has 0 fully saturated rings. The predicted octanol–water partition coefficient (Wildman–Crippen LogP) is 2.84. The van der Waals surface area contributed by atoms with Gasteiger partial charge in [0.25, 0.3) is 0 Å². The van der Waals surface area contributed by atoms with Gasteiger partial charge in [-0.2, -0.15) is 0 Å². The van der Waals surface area contributed by atoms with E-state index in [0.717, 1.165) is 0 Å². The van der Waals surface area contributed by atoms with Crippen LogP contribution in [-0.2, 0) is 0 Å². The lowest BCUT2D eigenvalue weighted by Gasteiger charge is -2.02. The molecule has 2 aromatic rings. The largest absolute Gasteiger partial charge is 0.298 e. The Hall–Kier alpha value is -1.48. The van der Waals surface area contributed by atoms with Crippen LogP contribution in [0.25, 0.3) is 10.8 Å². The molecule has 2 nitrogen and oxygen atoms in total. The Morgan fingerprint density at radius 2 is 2.14 bits per heavy atom. The molecule has 0 aliphatic carbocycles. The molecule has 4 heteroatoms. The maximum atomic E-state index is 13.0. The third-order valence-electron chi connectivity index (χ3n) is 1.96. The molecule has 0 aliphatic heterocycles.